The van der Waals surface area contributed by atoms with Gasteiger partial charge >= 0.3 is 5.76 Å². The predicted molar refractivity (Wildman–Crippen MR) is 110 cm³/mol. The first-order chi connectivity index (χ1) is 13.8. The standard InChI is InChI=1S/C20H24N2O6S/c1-5-13-9-18-19(21-11-13)22(20(23)28-18)15(12-29(4,24)25)14-7-8-16(26-3)17(10-14)27-6-2/h7-11,15H,5-6,12H2,1-4H3. The van der Waals surface area contributed by atoms with Gasteiger partial charge in [0.05, 0.1) is 25.5 Å². The molecular formula is C20H24N2O6S. The summed E-state index contributed by atoms with van der Waals surface area (Å²) in [4.78, 5) is 17.0. The summed E-state index contributed by atoms with van der Waals surface area (Å²) in [5.41, 5.74) is 2.12. The van der Waals surface area contributed by atoms with E-state index in [0.717, 1.165) is 18.2 Å². The van der Waals surface area contributed by atoms with E-state index < -0.39 is 21.6 Å². The number of pyridine rings is 1. The van der Waals surface area contributed by atoms with Crippen LogP contribution in [0.2, 0.25) is 0 Å². The molecule has 8 nitrogen and oxygen atoms in total. The van der Waals surface area contributed by atoms with Gasteiger partial charge in [0.2, 0.25) is 0 Å². The van der Waals surface area contributed by atoms with E-state index in [-0.39, 0.29) is 5.75 Å². The van der Waals surface area contributed by atoms with Crippen molar-refractivity contribution in [3.63, 3.8) is 0 Å². The van der Waals surface area contributed by atoms with E-state index >= 15 is 0 Å². The predicted octanol–water partition coefficient (Wildman–Crippen LogP) is 2.59. The van der Waals surface area contributed by atoms with Crippen LogP contribution in [0.3, 0.4) is 0 Å². The average Bonchev–Trinajstić information content (AvgIpc) is 3.00. The zero-order chi connectivity index (χ0) is 21.2. The number of aromatic nitrogens is 2. The molecule has 3 aromatic rings. The molecule has 0 aliphatic heterocycles. The van der Waals surface area contributed by atoms with Gasteiger partial charge in [0.25, 0.3) is 0 Å². The largest absolute Gasteiger partial charge is 0.493 e. The second kappa shape index (κ2) is 8.28. The number of nitrogens with zero attached hydrogens (tertiary/aromatic N) is 2. The van der Waals surface area contributed by atoms with Gasteiger partial charge in [-0.15, -0.1) is 0 Å². The van der Waals surface area contributed by atoms with E-state index in [1.807, 2.05) is 13.8 Å². The molecule has 156 valence electrons. The van der Waals surface area contributed by atoms with Crippen molar-refractivity contribution < 1.29 is 22.3 Å². The normalized spacial score (nSPS) is 12.8. The fraction of sp³-hybridized carbons (Fsp3) is 0.400. The second-order valence-corrected chi connectivity index (χ2v) is 8.89. The van der Waals surface area contributed by atoms with E-state index in [1.54, 1.807) is 30.5 Å². The van der Waals surface area contributed by atoms with Gasteiger partial charge in [0, 0.05) is 12.5 Å². The Morgan fingerprint density at radius 2 is 1.97 bits per heavy atom. The Labute approximate surface area is 169 Å². The number of hydrogen-bond acceptors (Lipinski definition) is 7. The van der Waals surface area contributed by atoms with Crippen molar-refractivity contribution >= 4 is 21.1 Å². The highest BCUT2D eigenvalue weighted by Gasteiger charge is 2.26. The van der Waals surface area contributed by atoms with Crippen molar-refractivity contribution in [1.29, 1.82) is 0 Å². The molecule has 0 radical (unpaired) electrons. The lowest BCUT2D eigenvalue weighted by atomic mass is 10.1. The minimum absolute atomic E-state index is 0.295. The molecule has 0 fully saturated rings. The summed E-state index contributed by atoms with van der Waals surface area (Å²) < 4.78 is 41.9. The Balaban J connectivity index is 2.22. The summed E-state index contributed by atoms with van der Waals surface area (Å²) in [6.07, 6.45) is 3.52. The minimum Gasteiger partial charge on any atom is -0.493 e. The number of hydrogen-bond donors (Lipinski definition) is 0. The number of fused-ring (bicyclic) bond motifs is 1. The smallest absolute Gasteiger partial charge is 0.421 e. The minimum atomic E-state index is -3.44. The van der Waals surface area contributed by atoms with E-state index in [2.05, 4.69) is 4.98 Å². The lowest BCUT2D eigenvalue weighted by molar-refractivity contribution is 0.310. The van der Waals surface area contributed by atoms with Gasteiger partial charge in [-0.25, -0.2) is 22.8 Å². The number of ether oxygens (including phenoxy) is 2. The Kier molecular flexibility index (Phi) is 5.97. The molecule has 1 aromatic carbocycles. The molecule has 0 N–H and O–H groups in total. The van der Waals surface area contributed by atoms with E-state index in [4.69, 9.17) is 13.9 Å². The first-order valence-electron chi connectivity index (χ1n) is 9.25. The Morgan fingerprint density at radius 1 is 1.21 bits per heavy atom. The zero-order valence-corrected chi connectivity index (χ0v) is 17.7. The molecular weight excluding hydrogens is 396 g/mol. The highest BCUT2D eigenvalue weighted by atomic mass is 32.2. The van der Waals surface area contributed by atoms with Crippen molar-refractivity contribution in [3.05, 3.63) is 52.1 Å². The monoisotopic (exact) mass is 420 g/mol. The van der Waals surface area contributed by atoms with Crippen molar-refractivity contribution in [1.82, 2.24) is 9.55 Å². The third kappa shape index (κ3) is 4.45. The fourth-order valence-corrected chi connectivity index (χ4v) is 4.12. The molecule has 1 unspecified atom stereocenters. The second-order valence-electron chi connectivity index (χ2n) is 6.71. The molecule has 2 aromatic heterocycles. The van der Waals surface area contributed by atoms with Gasteiger partial charge in [-0.2, -0.15) is 0 Å². The first-order valence-corrected chi connectivity index (χ1v) is 11.3. The van der Waals surface area contributed by atoms with Crippen LogP contribution < -0.4 is 15.2 Å². The quantitative estimate of drug-likeness (QED) is 0.552. The number of oxazole rings is 1. The molecule has 0 bridgehead atoms. The molecule has 0 spiro atoms. The zero-order valence-electron chi connectivity index (χ0n) is 16.8. The van der Waals surface area contributed by atoms with Crippen LogP contribution in [-0.4, -0.2) is 43.7 Å². The van der Waals surface area contributed by atoms with Gasteiger partial charge in [-0.3, -0.25) is 0 Å². The molecule has 3 rings (SSSR count). The fourth-order valence-electron chi connectivity index (χ4n) is 3.21. The summed E-state index contributed by atoms with van der Waals surface area (Å²) in [5.74, 6) is 0.0245. The number of methoxy groups -OCH3 is 1. The summed E-state index contributed by atoms with van der Waals surface area (Å²) in [7, 11) is -1.92. The topological polar surface area (TPSA) is 101 Å². The van der Waals surface area contributed by atoms with E-state index in [1.165, 1.54) is 11.7 Å². The maximum absolute atomic E-state index is 12.7. The van der Waals surface area contributed by atoms with Crippen LogP contribution in [0.25, 0.3) is 11.2 Å². The molecule has 0 saturated carbocycles. The molecule has 1 atom stereocenters. The third-order valence-corrected chi connectivity index (χ3v) is 5.49. The molecule has 29 heavy (non-hydrogen) atoms. The Hall–Kier alpha value is -2.81. The Bertz CT molecular complexity index is 1180. The number of aryl methyl sites for hydroxylation is 1. The van der Waals surface area contributed by atoms with Gasteiger partial charge < -0.3 is 13.9 Å². The van der Waals surface area contributed by atoms with Gasteiger partial charge in [-0.1, -0.05) is 13.0 Å². The van der Waals surface area contributed by atoms with Crippen LogP contribution in [0.1, 0.15) is 31.0 Å². The van der Waals surface area contributed by atoms with Crippen LogP contribution >= 0.6 is 0 Å². The molecule has 0 amide bonds. The Morgan fingerprint density at radius 3 is 2.59 bits per heavy atom. The number of rotatable bonds is 8. The maximum atomic E-state index is 12.7. The maximum Gasteiger partial charge on any atom is 0.421 e. The summed E-state index contributed by atoms with van der Waals surface area (Å²) in [6, 6.07) is 6.00. The average molecular weight is 420 g/mol. The van der Waals surface area contributed by atoms with Crippen molar-refractivity contribution in [2.75, 3.05) is 25.7 Å². The third-order valence-electron chi connectivity index (χ3n) is 4.56. The summed E-state index contributed by atoms with van der Waals surface area (Å²) in [5, 5.41) is 0. The number of benzene rings is 1. The van der Waals surface area contributed by atoms with Crippen molar-refractivity contribution in [2.45, 2.75) is 26.3 Å². The van der Waals surface area contributed by atoms with Gasteiger partial charge in [0.15, 0.2) is 22.7 Å². The van der Waals surface area contributed by atoms with Crippen LogP contribution in [0.5, 0.6) is 11.5 Å². The molecule has 0 aliphatic carbocycles. The molecule has 2 heterocycles. The lowest BCUT2D eigenvalue weighted by Crippen LogP contribution is -2.27. The van der Waals surface area contributed by atoms with E-state index in [9.17, 15) is 13.2 Å². The first kappa shape index (κ1) is 20.9. The molecule has 9 heteroatoms. The molecule has 0 saturated heterocycles. The summed E-state index contributed by atoms with van der Waals surface area (Å²) >= 11 is 0. The SMILES string of the molecule is CCOc1cc(C(CS(C)(=O)=O)n2c(=O)oc3cc(CC)cnc32)ccc1OC. The van der Waals surface area contributed by atoms with Crippen molar-refractivity contribution in [2.24, 2.45) is 0 Å². The van der Waals surface area contributed by atoms with Crippen molar-refractivity contribution in [3.8, 4) is 11.5 Å². The van der Waals surface area contributed by atoms with Crippen LogP contribution in [0.4, 0.5) is 0 Å². The van der Waals surface area contributed by atoms with Gasteiger partial charge in [0.1, 0.15) is 9.84 Å². The molecule has 0 aliphatic rings. The number of sulfone groups is 1. The highest BCUT2D eigenvalue weighted by molar-refractivity contribution is 7.90. The van der Waals surface area contributed by atoms with Gasteiger partial charge in [-0.05, 0) is 42.7 Å². The summed E-state index contributed by atoms with van der Waals surface area (Å²) in [6.45, 7) is 4.22. The van der Waals surface area contributed by atoms with Crippen LogP contribution in [0.15, 0.2) is 39.7 Å². The van der Waals surface area contributed by atoms with E-state index in [0.29, 0.717) is 34.9 Å². The highest BCUT2D eigenvalue weighted by Crippen LogP contribution is 2.33. The van der Waals surface area contributed by atoms with Crippen LogP contribution in [0, 0.1) is 0 Å². The lowest BCUT2D eigenvalue weighted by Gasteiger charge is -2.19. The van der Waals surface area contributed by atoms with Crippen LogP contribution in [-0.2, 0) is 16.3 Å².